The minimum atomic E-state index is -0.0821. The third-order valence-corrected chi connectivity index (χ3v) is 7.59. The molecule has 5 rings (SSSR count). The van der Waals surface area contributed by atoms with Crippen molar-refractivity contribution in [2.24, 2.45) is 0 Å². The summed E-state index contributed by atoms with van der Waals surface area (Å²) in [6.07, 6.45) is 3.88. The molecule has 0 bridgehead atoms. The maximum absolute atomic E-state index is 13.2. The Kier molecular flexibility index (Phi) is 8.68. The van der Waals surface area contributed by atoms with Crippen LogP contribution in [0.1, 0.15) is 61.7 Å². The first-order valence-corrected chi connectivity index (χ1v) is 14.0. The van der Waals surface area contributed by atoms with E-state index < -0.39 is 0 Å². The molecule has 9 heteroatoms. The molecule has 1 aliphatic rings. The van der Waals surface area contributed by atoms with Crippen LogP contribution in [0, 0.1) is 6.92 Å². The number of aromatic amines is 1. The van der Waals surface area contributed by atoms with Crippen LogP contribution in [-0.4, -0.2) is 56.0 Å². The fourth-order valence-corrected chi connectivity index (χ4v) is 5.49. The Hall–Kier alpha value is -3.56. The van der Waals surface area contributed by atoms with Gasteiger partial charge in [-0.05, 0) is 85.3 Å². The quantitative estimate of drug-likeness (QED) is 0.286. The predicted octanol–water partition coefficient (Wildman–Crippen LogP) is 4.60. The number of hydrogen-bond donors (Lipinski definition) is 1. The van der Waals surface area contributed by atoms with E-state index in [9.17, 15) is 4.79 Å². The predicted molar refractivity (Wildman–Crippen MR) is 151 cm³/mol. The summed E-state index contributed by atoms with van der Waals surface area (Å²) in [6, 6.07) is 16.2. The number of rotatable bonds is 12. The molecule has 39 heavy (non-hydrogen) atoms. The van der Waals surface area contributed by atoms with Gasteiger partial charge in [0.25, 0.3) is 5.56 Å². The Morgan fingerprint density at radius 1 is 1.18 bits per heavy atom. The van der Waals surface area contributed by atoms with E-state index in [1.807, 2.05) is 35.9 Å². The highest BCUT2D eigenvalue weighted by Gasteiger charge is 2.27. The summed E-state index contributed by atoms with van der Waals surface area (Å²) in [5.74, 6) is 1.60. The second kappa shape index (κ2) is 12.5. The molecule has 2 aromatic heterocycles. The zero-order chi connectivity index (χ0) is 27.2. The standard InChI is InChI=1S/C30H38N6O3/c1-4-28(29-32-33-34-36(29)20-26-11-8-16-39-26)35(15-14-22-10-7-6-9-21(22)3)19-24-17-23-18-25(38-5-2)12-13-27(23)31-30(24)37/h6-7,9-10,12-13,17-18,26,28H,4-5,8,11,14-16,19-20H2,1-3H3,(H,31,37)/t26-,28-/m1/s1. The first-order valence-electron chi connectivity index (χ1n) is 14.0. The zero-order valence-electron chi connectivity index (χ0n) is 23.1. The van der Waals surface area contributed by atoms with Crippen molar-refractivity contribution < 1.29 is 9.47 Å². The van der Waals surface area contributed by atoms with Crippen LogP contribution in [0.15, 0.2) is 53.3 Å². The molecule has 2 aromatic carbocycles. The van der Waals surface area contributed by atoms with E-state index in [1.165, 1.54) is 11.1 Å². The molecule has 0 radical (unpaired) electrons. The molecule has 0 amide bonds. The number of H-pyrrole nitrogens is 1. The number of hydrogen-bond acceptors (Lipinski definition) is 7. The van der Waals surface area contributed by atoms with Gasteiger partial charge in [-0.2, -0.15) is 0 Å². The van der Waals surface area contributed by atoms with Crippen LogP contribution in [0.3, 0.4) is 0 Å². The molecule has 1 N–H and O–H groups in total. The topological polar surface area (TPSA) is 98.2 Å². The Morgan fingerprint density at radius 2 is 2.05 bits per heavy atom. The van der Waals surface area contributed by atoms with Gasteiger partial charge in [0.2, 0.25) is 0 Å². The Morgan fingerprint density at radius 3 is 2.82 bits per heavy atom. The lowest BCUT2D eigenvalue weighted by Gasteiger charge is -2.30. The lowest BCUT2D eigenvalue weighted by Crippen LogP contribution is -2.35. The van der Waals surface area contributed by atoms with Crippen molar-refractivity contribution in [3.8, 4) is 5.75 Å². The van der Waals surface area contributed by atoms with Crippen molar-refractivity contribution in [1.82, 2.24) is 30.1 Å². The van der Waals surface area contributed by atoms with Gasteiger partial charge in [-0.25, -0.2) is 4.68 Å². The molecular formula is C30H38N6O3. The Balaban J connectivity index is 1.47. The minimum Gasteiger partial charge on any atom is -0.494 e. The van der Waals surface area contributed by atoms with Crippen molar-refractivity contribution in [2.45, 2.75) is 71.7 Å². The summed E-state index contributed by atoms with van der Waals surface area (Å²) >= 11 is 0. The van der Waals surface area contributed by atoms with Crippen molar-refractivity contribution in [3.63, 3.8) is 0 Å². The van der Waals surface area contributed by atoms with Crippen LogP contribution in [0.25, 0.3) is 10.9 Å². The number of nitrogens with one attached hydrogen (secondary N) is 1. The fraction of sp³-hybridized carbons (Fsp3) is 0.467. The monoisotopic (exact) mass is 530 g/mol. The van der Waals surface area contributed by atoms with Gasteiger partial charge >= 0.3 is 0 Å². The van der Waals surface area contributed by atoms with Crippen LogP contribution < -0.4 is 10.3 Å². The molecule has 9 nitrogen and oxygen atoms in total. The van der Waals surface area contributed by atoms with Crippen molar-refractivity contribution >= 4 is 10.9 Å². The molecule has 206 valence electrons. The average molecular weight is 531 g/mol. The SMILES string of the molecule is CCOc1ccc2[nH]c(=O)c(CN(CCc3ccccc3C)[C@H](CC)c3nnnn3C[C@H]3CCCO3)cc2c1. The number of fused-ring (bicyclic) bond motifs is 1. The molecule has 0 spiro atoms. The van der Waals surface area contributed by atoms with E-state index in [1.54, 1.807) is 0 Å². The van der Waals surface area contributed by atoms with E-state index in [2.05, 4.69) is 63.5 Å². The van der Waals surface area contributed by atoms with Crippen LogP contribution in [0.4, 0.5) is 0 Å². The van der Waals surface area contributed by atoms with Gasteiger partial charge in [0.1, 0.15) is 5.75 Å². The molecule has 3 heterocycles. The molecular weight excluding hydrogens is 492 g/mol. The number of pyridine rings is 1. The number of aryl methyl sites for hydroxylation is 1. The first-order chi connectivity index (χ1) is 19.1. The normalized spacial score (nSPS) is 16.3. The Bertz CT molecular complexity index is 1440. The van der Waals surface area contributed by atoms with E-state index in [0.29, 0.717) is 25.3 Å². The zero-order valence-corrected chi connectivity index (χ0v) is 23.1. The van der Waals surface area contributed by atoms with Crippen LogP contribution in [0.5, 0.6) is 5.75 Å². The van der Waals surface area contributed by atoms with Crippen molar-refractivity contribution in [2.75, 3.05) is 19.8 Å². The van der Waals surface area contributed by atoms with Crippen molar-refractivity contribution in [1.29, 1.82) is 0 Å². The molecule has 1 fully saturated rings. The third kappa shape index (κ3) is 6.37. The maximum atomic E-state index is 13.2. The van der Waals surface area contributed by atoms with Crippen molar-refractivity contribution in [3.05, 3.63) is 81.4 Å². The van der Waals surface area contributed by atoms with Gasteiger partial charge < -0.3 is 14.5 Å². The smallest absolute Gasteiger partial charge is 0.252 e. The van der Waals surface area contributed by atoms with Crippen LogP contribution in [-0.2, 0) is 24.2 Å². The van der Waals surface area contributed by atoms with E-state index >= 15 is 0 Å². The molecule has 0 aliphatic carbocycles. The highest BCUT2D eigenvalue weighted by atomic mass is 16.5. The number of ether oxygens (including phenoxy) is 2. The van der Waals surface area contributed by atoms with Gasteiger partial charge in [0, 0.05) is 36.2 Å². The van der Waals surface area contributed by atoms with E-state index in [-0.39, 0.29) is 17.7 Å². The maximum Gasteiger partial charge on any atom is 0.252 e. The van der Waals surface area contributed by atoms with E-state index in [0.717, 1.165) is 61.3 Å². The van der Waals surface area contributed by atoms with Crippen LogP contribution >= 0.6 is 0 Å². The minimum absolute atomic E-state index is 0.0599. The second-order valence-electron chi connectivity index (χ2n) is 10.2. The van der Waals surface area contributed by atoms with Gasteiger partial charge in [-0.3, -0.25) is 9.69 Å². The molecule has 0 unspecified atom stereocenters. The molecule has 1 saturated heterocycles. The van der Waals surface area contributed by atoms with Crippen LogP contribution in [0.2, 0.25) is 0 Å². The van der Waals surface area contributed by atoms with Gasteiger partial charge in [-0.1, -0.05) is 31.2 Å². The largest absolute Gasteiger partial charge is 0.494 e. The molecule has 2 atom stereocenters. The van der Waals surface area contributed by atoms with Gasteiger partial charge in [-0.15, -0.1) is 5.10 Å². The highest BCUT2D eigenvalue weighted by molar-refractivity contribution is 5.80. The lowest BCUT2D eigenvalue weighted by atomic mass is 10.0. The average Bonchev–Trinajstić information content (AvgIpc) is 3.62. The number of nitrogens with zero attached hydrogens (tertiary/aromatic N) is 5. The molecule has 0 saturated carbocycles. The highest BCUT2D eigenvalue weighted by Crippen LogP contribution is 2.27. The third-order valence-electron chi connectivity index (χ3n) is 7.59. The second-order valence-corrected chi connectivity index (χ2v) is 10.2. The number of aromatic nitrogens is 5. The summed E-state index contributed by atoms with van der Waals surface area (Å²) in [6.45, 7) is 9.50. The number of tetrazole rings is 1. The van der Waals surface area contributed by atoms with E-state index in [4.69, 9.17) is 9.47 Å². The lowest BCUT2D eigenvalue weighted by molar-refractivity contribution is 0.0893. The van der Waals surface area contributed by atoms with Gasteiger partial charge in [0.05, 0.1) is 25.3 Å². The summed E-state index contributed by atoms with van der Waals surface area (Å²) in [7, 11) is 0. The summed E-state index contributed by atoms with van der Waals surface area (Å²) in [5.41, 5.74) is 3.98. The summed E-state index contributed by atoms with van der Waals surface area (Å²) < 4.78 is 13.5. The Labute approximate surface area is 229 Å². The van der Waals surface area contributed by atoms with Gasteiger partial charge in [0.15, 0.2) is 5.82 Å². The molecule has 1 aliphatic heterocycles. The number of benzene rings is 2. The summed E-state index contributed by atoms with van der Waals surface area (Å²) in [4.78, 5) is 18.6. The first kappa shape index (κ1) is 27.0. The fourth-order valence-electron chi connectivity index (χ4n) is 5.49. The summed E-state index contributed by atoms with van der Waals surface area (Å²) in [5, 5.41) is 13.8. The molecule has 4 aromatic rings.